The third-order valence-electron chi connectivity index (χ3n) is 2.26. The summed E-state index contributed by atoms with van der Waals surface area (Å²) in [7, 11) is 0. The van der Waals surface area contributed by atoms with Crippen molar-refractivity contribution in [2.45, 2.75) is 18.2 Å². The Morgan fingerprint density at radius 2 is 2.14 bits per heavy atom. The molecule has 0 aliphatic carbocycles. The lowest BCUT2D eigenvalue weighted by atomic mass is 9.90. The summed E-state index contributed by atoms with van der Waals surface area (Å²) in [5.74, 6) is 1.11. The zero-order valence-electron chi connectivity index (χ0n) is 7.47. The minimum atomic E-state index is -4.68. The van der Waals surface area contributed by atoms with Crippen molar-refractivity contribution in [2.24, 2.45) is 5.73 Å². The molecule has 0 aromatic carbocycles. The fourth-order valence-electron chi connectivity index (χ4n) is 1.33. The molecule has 0 aromatic rings. The Morgan fingerprint density at radius 3 is 2.50 bits per heavy atom. The molecule has 3 N–H and O–H groups in total. The second-order valence-corrected chi connectivity index (χ2v) is 4.27. The van der Waals surface area contributed by atoms with Crippen LogP contribution in [0.5, 0.6) is 0 Å². The first kappa shape index (κ1) is 11.9. The Morgan fingerprint density at radius 1 is 1.50 bits per heavy atom. The van der Waals surface area contributed by atoms with Crippen molar-refractivity contribution in [2.75, 3.05) is 18.1 Å². The third-order valence-corrected chi connectivity index (χ3v) is 3.15. The quantitative estimate of drug-likeness (QED) is 0.699. The molecule has 82 valence electrons. The third kappa shape index (κ3) is 2.07. The molecule has 1 atom stereocenters. The molecule has 1 heterocycles. The monoisotopic (exact) mass is 227 g/mol. The van der Waals surface area contributed by atoms with Gasteiger partial charge in [0.25, 0.3) is 0 Å². The summed E-state index contributed by atoms with van der Waals surface area (Å²) in [5, 5.41) is 9.45. The van der Waals surface area contributed by atoms with Crippen LogP contribution >= 0.6 is 11.8 Å². The molecule has 6 heteroatoms. The maximum atomic E-state index is 12.5. The van der Waals surface area contributed by atoms with Gasteiger partial charge in [0, 0.05) is 12.3 Å². The molecule has 0 saturated heterocycles. The number of hydrogen-bond acceptors (Lipinski definition) is 3. The van der Waals surface area contributed by atoms with E-state index in [4.69, 9.17) is 5.73 Å². The van der Waals surface area contributed by atoms with E-state index in [9.17, 15) is 18.3 Å². The largest absolute Gasteiger partial charge is 0.422 e. The molecule has 0 amide bonds. The molecular formula is C8H12F3NOS. The first-order chi connectivity index (χ1) is 6.42. The van der Waals surface area contributed by atoms with E-state index in [1.807, 2.05) is 0 Å². The normalized spacial score (nSPS) is 22.8. The second kappa shape index (κ2) is 4.12. The lowest BCUT2D eigenvalue weighted by Crippen LogP contribution is -2.53. The number of aliphatic hydroxyl groups is 1. The van der Waals surface area contributed by atoms with Crippen LogP contribution in [0, 0.1) is 0 Å². The van der Waals surface area contributed by atoms with Gasteiger partial charge in [-0.3, -0.25) is 0 Å². The van der Waals surface area contributed by atoms with Gasteiger partial charge in [0.05, 0.1) is 0 Å². The molecule has 1 aliphatic heterocycles. The molecule has 1 unspecified atom stereocenters. The van der Waals surface area contributed by atoms with E-state index < -0.39 is 18.3 Å². The Labute approximate surface area is 84.4 Å². The Kier molecular flexibility index (Phi) is 3.49. The van der Waals surface area contributed by atoms with Gasteiger partial charge in [0.1, 0.15) is 0 Å². The summed E-state index contributed by atoms with van der Waals surface area (Å²) in [5.41, 5.74) is 2.19. The van der Waals surface area contributed by atoms with E-state index in [1.165, 1.54) is 6.08 Å². The van der Waals surface area contributed by atoms with E-state index in [1.54, 1.807) is 11.8 Å². The van der Waals surface area contributed by atoms with Gasteiger partial charge >= 0.3 is 6.18 Å². The molecular weight excluding hydrogens is 215 g/mol. The highest BCUT2D eigenvalue weighted by molar-refractivity contribution is 7.99. The number of alkyl halides is 3. The minimum absolute atomic E-state index is 0.00579. The lowest BCUT2D eigenvalue weighted by molar-refractivity contribution is -0.240. The van der Waals surface area contributed by atoms with E-state index in [-0.39, 0.29) is 12.0 Å². The van der Waals surface area contributed by atoms with Crippen molar-refractivity contribution in [1.29, 1.82) is 0 Å². The SMILES string of the molecule is NCC(O)(C1=CCSCC1)C(F)(F)F. The number of halogens is 3. The summed E-state index contributed by atoms with van der Waals surface area (Å²) >= 11 is 1.54. The van der Waals surface area contributed by atoms with Crippen molar-refractivity contribution in [3.63, 3.8) is 0 Å². The summed E-state index contributed by atoms with van der Waals surface area (Å²) in [6.07, 6.45) is -3.01. The fourth-order valence-corrected chi connectivity index (χ4v) is 2.18. The molecule has 0 spiro atoms. The lowest BCUT2D eigenvalue weighted by Gasteiger charge is -2.33. The Balaban J connectivity index is 2.94. The van der Waals surface area contributed by atoms with Crippen LogP contribution in [0.4, 0.5) is 13.2 Å². The van der Waals surface area contributed by atoms with Crippen LogP contribution in [0.25, 0.3) is 0 Å². The number of nitrogens with two attached hydrogens (primary N) is 1. The van der Waals surface area contributed by atoms with Crippen molar-refractivity contribution in [1.82, 2.24) is 0 Å². The van der Waals surface area contributed by atoms with Crippen LogP contribution in [-0.4, -0.2) is 34.9 Å². The van der Waals surface area contributed by atoms with E-state index in [0.717, 1.165) is 0 Å². The van der Waals surface area contributed by atoms with E-state index in [0.29, 0.717) is 11.5 Å². The van der Waals surface area contributed by atoms with Crippen LogP contribution in [0.2, 0.25) is 0 Å². The highest BCUT2D eigenvalue weighted by Gasteiger charge is 2.54. The molecule has 0 radical (unpaired) electrons. The van der Waals surface area contributed by atoms with E-state index in [2.05, 4.69) is 0 Å². The molecule has 0 fully saturated rings. The van der Waals surface area contributed by atoms with Gasteiger partial charge < -0.3 is 10.8 Å². The predicted octanol–water partition coefficient (Wildman–Crippen LogP) is 1.30. The molecule has 1 aliphatic rings. The molecule has 0 saturated carbocycles. The van der Waals surface area contributed by atoms with Crippen LogP contribution < -0.4 is 5.73 Å². The van der Waals surface area contributed by atoms with Crippen LogP contribution in [0.1, 0.15) is 6.42 Å². The minimum Gasteiger partial charge on any atom is -0.376 e. The van der Waals surface area contributed by atoms with Crippen molar-refractivity contribution in [3.8, 4) is 0 Å². The summed E-state index contributed by atoms with van der Waals surface area (Å²) in [4.78, 5) is 0. The zero-order valence-corrected chi connectivity index (χ0v) is 8.29. The number of hydrogen-bond donors (Lipinski definition) is 2. The number of rotatable bonds is 2. The Hall–Kier alpha value is -0.200. The van der Waals surface area contributed by atoms with Gasteiger partial charge in [0.15, 0.2) is 5.60 Å². The fraction of sp³-hybridized carbons (Fsp3) is 0.750. The van der Waals surface area contributed by atoms with Gasteiger partial charge in [-0.15, -0.1) is 0 Å². The zero-order chi connectivity index (χ0) is 10.8. The molecule has 2 nitrogen and oxygen atoms in total. The van der Waals surface area contributed by atoms with Crippen LogP contribution in [-0.2, 0) is 0 Å². The van der Waals surface area contributed by atoms with E-state index >= 15 is 0 Å². The van der Waals surface area contributed by atoms with Gasteiger partial charge in [-0.25, -0.2) is 0 Å². The molecule has 0 aromatic heterocycles. The topological polar surface area (TPSA) is 46.2 Å². The highest BCUT2D eigenvalue weighted by atomic mass is 32.2. The molecule has 0 bridgehead atoms. The first-order valence-corrected chi connectivity index (χ1v) is 5.33. The molecule has 1 rings (SSSR count). The second-order valence-electron chi connectivity index (χ2n) is 3.12. The predicted molar refractivity (Wildman–Crippen MR) is 50.1 cm³/mol. The van der Waals surface area contributed by atoms with Crippen molar-refractivity contribution in [3.05, 3.63) is 11.6 Å². The molecule has 14 heavy (non-hydrogen) atoms. The van der Waals surface area contributed by atoms with Crippen LogP contribution in [0.15, 0.2) is 11.6 Å². The summed E-state index contributed by atoms with van der Waals surface area (Å²) < 4.78 is 37.5. The van der Waals surface area contributed by atoms with Crippen LogP contribution in [0.3, 0.4) is 0 Å². The van der Waals surface area contributed by atoms with Gasteiger partial charge in [0.2, 0.25) is 0 Å². The average molecular weight is 227 g/mol. The average Bonchev–Trinajstić information content (AvgIpc) is 2.16. The first-order valence-electron chi connectivity index (χ1n) is 4.18. The summed E-state index contributed by atoms with van der Waals surface area (Å²) in [6.45, 7) is -0.812. The maximum absolute atomic E-state index is 12.5. The highest BCUT2D eigenvalue weighted by Crippen LogP contribution is 2.38. The van der Waals surface area contributed by atoms with Gasteiger partial charge in [-0.05, 0) is 17.7 Å². The number of thioether (sulfide) groups is 1. The van der Waals surface area contributed by atoms with Gasteiger partial charge in [-0.1, -0.05) is 6.08 Å². The van der Waals surface area contributed by atoms with Crippen molar-refractivity contribution >= 4 is 11.8 Å². The summed E-state index contributed by atoms with van der Waals surface area (Å²) in [6, 6.07) is 0. The Bertz CT molecular complexity index is 241. The standard InChI is InChI=1S/C8H12F3NOS/c9-8(10,11)7(13,5-12)6-1-3-14-4-2-6/h1,13H,2-5,12H2. The van der Waals surface area contributed by atoms with Gasteiger partial charge in [-0.2, -0.15) is 24.9 Å². The smallest absolute Gasteiger partial charge is 0.376 e. The van der Waals surface area contributed by atoms with Crippen molar-refractivity contribution < 1.29 is 18.3 Å². The maximum Gasteiger partial charge on any atom is 0.422 e.